The standard InChI is InChI=1S/C13H11BrCl2N2O2S/c14-9-1-3-11(4-2-9)18-21(19,20)12-6-10(15)5-8(7-17)13(12)16/h1-6,18H,7,17H2. The molecule has 0 aliphatic carbocycles. The fourth-order valence-electron chi connectivity index (χ4n) is 1.69. The summed E-state index contributed by atoms with van der Waals surface area (Å²) in [6, 6.07) is 9.55. The predicted octanol–water partition coefficient (Wildman–Crippen LogP) is 4.02. The van der Waals surface area contributed by atoms with Gasteiger partial charge >= 0.3 is 0 Å². The molecule has 0 bridgehead atoms. The van der Waals surface area contributed by atoms with E-state index in [0.29, 0.717) is 11.3 Å². The number of nitrogens with one attached hydrogen (secondary N) is 1. The van der Waals surface area contributed by atoms with Gasteiger partial charge in [0, 0.05) is 21.7 Å². The van der Waals surface area contributed by atoms with Gasteiger partial charge in [-0.25, -0.2) is 8.42 Å². The van der Waals surface area contributed by atoms with Gasteiger partial charge in [0.15, 0.2) is 0 Å². The molecule has 0 saturated carbocycles. The van der Waals surface area contributed by atoms with Crippen molar-refractivity contribution in [3.63, 3.8) is 0 Å². The summed E-state index contributed by atoms with van der Waals surface area (Å²) in [6.45, 7) is 0.0974. The first-order chi connectivity index (χ1) is 9.83. The summed E-state index contributed by atoms with van der Waals surface area (Å²) >= 11 is 15.3. The summed E-state index contributed by atoms with van der Waals surface area (Å²) in [6.07, 6.45) is 0. The first kappa shape index (κ1) is 16.6. The lowest BCUT2D eigenvalue weighted by Crippen LogP contribution is -2.14. The van der Waals surface area contributed by atoms with E-state index < -0.39 is 10.0 Å². The third-order valence-corrected chi connectivity index (χ3v) is 5.40. The van der Waals surface area contributed by atoms with Crippen LogP contribution in [0, 0.1) is 0 Å². The molecular formula is C13H11BrCl2N2O2S. The average molecular weight is 410 g/mol. The number of halogens is 3. The fraction of sp³-hybridized carbons (Fsp3) is 0.0769. The van der Waals surface area contributed by atoms with Crippen LogP contribution < -0.4 is 10.5 Å². The fourth-order valence-corrected chi connectivity index (χ4v) is 3.96. The lowest BCUT2D eigenvalue weighted by Gasteiger charge is -2.12. The number of hydrogen-bond donors (Lipinski definition) is 2. The van der Waals surface area contributed by atoms with E-state index in [1.165, 1.54) is 6.07 Å². The number of rotatable bonds is 4. The van der Waals surface area contributed by atoms with Crippen molar-refractivity contribution in [2.75, 3.05) is 4.72 Å². The molecule has 0 spiro atoms. The highest BCUT2D eigenvalue weighted by molar-refractivity contribution is 9.10. The zero-order valence-corrected chi connectivity index (χ0v) is 14.5. The van der Waals surface area contributed by atoms with Crippen LogP contribution in [0.25, 0.3) is 0 Å². The molecule has 0 unspecified atom stereocenters. The Hall–Kier alpha value is -0.790. The molecule has 3 N–H and O–H groups in total. The Labute approximate surface area is 141 Å². The molecule has 0 saturated heterocycles. The zero-order valence-electron chi connectivity index (χ0n) is 10.6. The lowest BCUT2D eigenvalue weighted by atomic mass is 10.2. The molecule has 8 heteroatoms. The quantitative estimate of drug-likeness (QED) is 0.800. The monoisotopic (exact) mass is 408 g/mol. The van der Waals surface area contributed by atoms with E-state index in [2.05, 4.69) is 20.7 Å². The largest absolute Gasteiger partial charge is 0.326 e. The molecule has 0 radical (unpaired) electrons. The molecule has 4 nitrogen and oxygen atoms in total. The SMILES string of the molecule is NCc1cc(Cl)cc(S(=O)(=O)Nc2ccc(Br)cc2)c1Cl. The maximum Gasteiger partial charge on any atom is 0.263 e. The Morgan fingerprint density at radius 2 is 1.76 bits per heavy atom. The van der Waals surface area contributed by atoms with Crippen LogP contribution in [-0.4, -0.2) is 8.42 Å². The predicted molar refractivity (Wildman–Crippen MR) is 89.3 cm³/mol. The van der Waals surface area contributed by atoms with Gasteiger partial charge in [0.25, 0.3) is 10.0 Å². The molecule has 2 aromatic rings. The van der Waals surface area contributed by atoms with E-state index in [4.69, 9.17) is 28.9 Å². The third-order valence-electron chi connectivity index (χ3n) is 2.69. The molecule has 2 aromatic carbocycles. The van der Waals surface area contributed by atoms with Crippen molar-refractivity contribution in [2.24, 2.45) is 5.73 Å². The first-order valence-electron chi connectivity index (χ1n) is 5.80. The number of anilines is 1. The molecule has 0 amide bonds. The van der Waals surface area contributed by atoms with Crippen LogP contribution in [0.1, 0.15) is 5.56 Å². The first-order valence-corrected chi connectivity index (χ1v) is 8.83. The summed E-state index contributed by atoms with van der Waals surface area (Å²) < 4.78 is 28.1. The summed E-state index contributed by atoms with van der Waals surface area (Å²) in [5, 5.41) is 0.336. The zero-order chi connectivity index (χ0) is 15.6. The molecule has 0 fully saturated rings. The van der Waals surface area contributed by atoms with E-state index in [9.17, 15) is 8.42 Å². The van der Waals surface area contributed by atoms with Crippen molar-refractivity contribution in [3.05, 3.63) is 56.5 Å². The molecule has 0 heterocycles. The van der Waals surface area contributed by atoms with E-state index in [-0.39, 0.29) is 21.5 Å². The van der Waals surface area contributed by atoms with Gasteiger partial charge in [0.2, 0.25) is 0 Å². The Balaban J connectivity index is 2.44. The minimum absolute atomic E-state index is 0.0755. The van der Waals surface area contributed by atoms with Gasteiger partial charge in [-0.15, -0.1) is 0 Å². The number of hydrogen-bond acceptors (Lipinski definition) is 3. The summed E-state index contributed by atoms with van der Waals surface area (Å²) in [5.41, 5.74) is 6.43. The summed E-state index contributed by atoms with van der Waals surface area (Å²) in [5.74, 6) is 0. The Bertz CT molecular complexity index is 764. The summed E-state index contributed by atoms with van der Waals surface area (Å²) in [4.78, 5) is -0.0972. The highest BCUT2D eigenvalue weighted by Gasteiger charge is 2.21. The van der Waals surface area contributed by atoms with Gasteiger partial charge < -0.3 is 5.73 Å². The van der Waals surface area contributed by atoms with E-state index >= 15 is 0 Å². The minimum atomic E-state index is -3.85. The Morgan fingerprint density at radius 3 is 2.33 bits per heavy atom. The second-order valence-corrected chi connectivity index (χ2v) is 7.57. The molecule has 2 rings (SSSR count). The van der Waals surface area contributed by atoms with Crippen LogP contribution in [0.3, 0.4) is 0 Å². The number of benzene rings is 2. The lowest BCUT2D eigenvalue weighted by molar-refractivity contribution is 0.601. The summed E-state index contributed by atoms with van der Waals surface area (Å²) in [7, 11) is -3.85. The van der Waals surface area contributed by atoms with E-state index in [1.54, 1.807) is 30.3 Å². The Morgan fingerprint density at radius 1 is 1.14 bits per heavy atom. The number of nitrogens with two attached hydrogens (primary N) is 1. The van der Waals surface area contributed by atoms with Crippen molar-refractivity contribution < 1.29 is 8.42 Å². The van der Waals surface area contributed by atoms with Gasteiger partial charge in [0.05, 0.1) is 5.02 Å². The topological polar surface area (TPSA) is 72.2 Å². The van der Waals surface area contributed by atoms with Gasteiger partial charge in [0.1, 0.15) is 4.90 Å². The highest BCUT2D eigenvalue weighted by atomic mass is 79.9. The molecule has 112 valence electrons. The van der Waals surface area contributed by atoms with Crippen LogP contribution >= 0.6 is 39.1 Å². The van der Waals surface area contributed by atoms with Gasteiger partial charge in [-0.3, -0.25) is 4.72 Å². The molecule has 21 heavy (non-hydrogen) atoms. The van der Waals surface area contributed by atoms with Crippen LogP contribution in [0.2, 0.25) is 10.0 Å². The van der Waals surface area contributed by atoms with Crippen molar-refractivity contribution in [1.29, 1.82) is 0 Å². The van der Waals surface area contributed by atoms with Crippen LogP contribution in [0.5, 0.6) is 0 Å². The molecule has 0 aromatic heterocycles. The van der Waals surface area contributed by atoms with Crippen LogP contribution in [0.4, 0.5) is 5.69 Å². The van der Waals surface area contributed by atoms with E-state index in [0.717, 1.165) is 4.47 Å². The molecule has 0 aliphatic heterocycles. The molecular weight excluding hydrogens is 399 g/mol. The second kappa shape index (κ2) is 6.54. The maximum atomic E-state index is 12.4. The van der Waals surface area contributed by atoms with Crippen LogP contribution in [-0.2, 0) is 16.6 Å². The van der Waals surface area contributed by atoms with Crippen molar-refractivity contribution in [2.45, 2.75) is 11.4 Å². The minimum Gasteiger partial charge on any atom is -0.326 e. The molecule has 0 aliphatic rings. The second-order valence-electron chi connectivity index (χ2n) is 4.19. The average Bonchev–Trinajstić information content (AvgIpc) is 2.43. The van der Waals surface area contributed by atoms with Crippen LogP contribution in [0.15, 0.2) is 45.8 Å². The van der Waals surface area contributed by atoms with Crippen molar-refractivity contribution >= 4 is 54.8 Å². The molecule has 0 atom stereocenters. The smallest absolute Gasteiger partial charge is 0.263 e. The normalized spacial score (nSPS) is 11.4. The Kier molecular flexibility index (Phi) is 5.16. The van der Waals surface area contributed by atoms with Gasteiger partial charge in [-0.05, 0) is 42.0 Å². The van der Waals surface area contributed by atoms with Gasteiger partial charge in [-0.2, -0.15) is 0 Å². The highest BCUT2D eigenvalue weighted by Crippen LogP contribution is 2.30. The van der Waals surface area contributed by atoms with E-state index in [1.807, 2.05) is 0 Å². The van der Waals surface area contributed by atoms with Gasteiger partial charge in [-0.1, -0.05) is 39.1 Å². The maximum absolute atomic E-state index is 12.4. The van der Waals surface area contributed by atoms with Crippen molar-refractivity contribution in [3.8, 4) is 0 Å². The van der Waals surface area contributed by atoms with Crippen molar-refractivity contribution in [1.82, 2.24) is 0 Å². The number of sulfonamides is 1. The third kappa shape index (κ3) is 3.90.